The van der Waals surface area contributed by atoms with Crippen LogP contribution >= 0.6 is 0 Å². The Morgan fingerprint density at radius 3 is 2.04 bits per heavy atom. The normalized spacial score (nSPS) is 14.5. The molecule has 0 fully saturated rings. The summed E-state index contributed by atoms with van der Waals surface area (Å²) in [6.07, 6.45) is 4.13. The highest BCUT2D eigenvalue weighted by Crippen LogP contribution is 2.43. The van der Waals surface area contributed by atoms with Gasteiger partial charge in [-0.25, -0.2) is 4.79 Å². The van der Waals surface area contributed by atoms with Crippen LogP contribution in [-0.4, -0.2) is 0 Å². The highest BCUT2D eigenvalue weighted by Gasteiger charge is 2.37. The van der Waals surface area contributed by atoms with Crippen LogP contribution in [-0.2, 0) is 5.60 Å². The van der Waals surface area contributed by atoms with Crippen LogP contribution in [0, 0.1) is 0 Å². The Bertz CT molecular complexity index is 1170. The molecule has 3 nitrogen and oxygen atoms in total. The zero-order valence-electron chi connectivity index (χ0n) is 14.5. The molecular weight excluding hydrogens is 336 g/mol. The fraction of sp³-hybridized carbons (Fsp3) is 0.0417. The van der Waals surface area contributed by atoms with Gasteiger partial charge in [-0.3, -0.25) is 0 Å². The van der Waals surface area contributed by atoms with Gasteiger partial charge in [0.05, 0.1) is 0 Å². The van der Waals surface area contributed by atoms with E-state index >= 15 is 0 Å². The summed E-state index contributed by atoms with van der Waals surface area (Å²) in [5.41, 5.74) is 2.51. The first kappa shape index (κ1) is 15.6. The van der Waals surface area contributed by atoms with E-state index in [4.69, 9.17) is 9.15 Å². The molecule has 0 radical (unpaired) electrons. The lowest BCUT2D eigenvalue weighted by atomic mass is 9.83. The zero-order chi connectivity index (χ0) is 18.3. The van der Waals surface area contributed by atoms with Crippen molar-refractivity contribution in [2.75, 3.05) is 0 Å². The van der Waals surface area contributed by atoms with Crippen LogP contribution < -0.4 is 10.4 Å². The predicted molar refractivity (Wildman–Crippen MR) is 106 cm³/mol. The van der Waals surface area contributed by atoms with E-state index in [2.05, 4.69) is 36.4 Å². The van der Waals surface area contributed by atoms with Gasteiger partial charge in [0.25, 0.3) is 0 Å². The topological polar surface area (TPSA) is 39.4 Å². The maximum absolute atomic E-state index is 11.5. The van der Waals surface area contributed by atoms with Crippen LogP contribution in [0.1, 0.15) is 16.7 Å². The molecule has 1 aliphatic heterocycles. The van der Waals surface area contributed by atoms with E-state index in [1.807, 2.05) is 42.5 Å². The van der Waals surface area contributed by atoms with Crippen molar-refractivity contribution in [3.63, 3.8) is 0 Å². The SMILES string of the molecule is O=c1ccc2c3c(ccc2o1)OC(c1ccccc1)(c1ccccc1)C=C3. The third-order valence-electron chi connectivity index (χ3n) is 4.96. The Labute approximate surface area is 156 Å². The molecule has 5 rings (SSSR count). The third-order valence-corrected chi connectivity index (χ3v) is 4.96. The maximum atomic E-state index is 11.5. The molecule has 0 spiro atoms. The Balaban J connectivity index is 1.74. The lowest BCUT2D eigenvalue weighted by molar-refractivity contribution is 0.161. The van der Waals surface area contributed by atoms with Gasteiger partial charge < -0.3 is 9.15 Å². The molecule has 3 aromatic carbocycles. The molecule has 0 bridgehead atoms. The van der Waals surface area contributed by atoms with E-state index in [1.165, 1.54) is 6.07 Å². The first-order valence-electron chi connectivity index (χ1n) is 8.82. The Hall–Kier alpha value is -3.59. The van der Waals surface area contributed by atoms with Crippen LogP contribution in [0.15, 0.2) is 100 Å². The summed E-state index contributed by atoms with van der Waals surface area (Å²) in [4.78, 5) is 11.5. The van der Waals surface area contributed by atoms with Crippen molar-refractivity contribution in [1.29, 1.82) is 0 Å². The largest absolute Gasteiger partial charge is 0.473 e. The van der Waals surface area contributed by atoms with E-state index in [0.717, 1.165) is 27.8 Å². The number of benzene rings is 3. The lowest BCUT2D eigenvalue weighted by Gasteiger charge is -2.36. The first-order valence-corrected chi connectivity index (χ1v) is 8.82. The minimum atomic E-state index is -0.710. The van der Waals surface area contributed by atoms with Gasteiger partial charge in [0, 0.05) is 28.1 Å². The second-order valence-corrected chi connectivity index (χ2v) is 6.55. The van der Waals surface area contributed by atoms with Crippen molar-refractivity contribution >= 4 is 17.0 Å². The molecular formula is C24H16O3. The van der Waals surface area contributed by atoms with Gasteiger partial charge in [0.2, 0.25) is 0 Å². The third kappa shape index (κ3) is 2.48. The predicted octanol–water partition coefficient (Wildman–Crippen LogP) is 5.14. The van der Waals surface area contributed by atoms with E-state index < -0.39 is 5.60 Å². The van der Waals surface area contributed by atoms with Crippen LogP contribution in [0.2, 0.25) is 0 Å². The molecule has 0 amide bonds. The fourth-order valence-corrected chi connectivity index (χ4v) is 3.67. The van der Waals surface area contributed by atoms with Crippen LogP contribution in [0.4, 0.5) is 0 Å². The van der Waals surface area contributed by atoms with Crippen molar-refractivity contribution < 1.29 is 9.15 Å². The fourth-order valence-electron chi connectivity index (χ4n) is 3.67. The minimum Gasteiger partial charge on any atom is -0.473 e. The van der Waals surface area contributed by atoms with Gasteiger partial charge in [0.15, 0.2) is 5.60 Å². The molecule has 0 atom stereocenters. The standard InChI is InChI=1S/C24H16O3/c25-23-14-11-19-20-15-16-24(17-7-3-1-4-8-17,18-9-5-2-6-10-18)27-22(20)13-12-21(19)26-23/h1-16H. The smallest absolute Gasteiger partial charge is 0.336 e. The maximum Gasteiger partial charge on any atom is 0.336 e. The van der Waals surface area contributed by atoms with Gasteiger partial charge in [0.1, 0.15) is 11.3 Å². The molecule has 4 aromatic rings. The lowest BCUT2D eigenvalue weighted by Crippen LogP contribution is -2.34. The highest BCUT2D eigenvalue weighted by atomic mass is 16.5. The van der Waals surface area contributed by atoms with Gasteiger partial charge in [-0.1, -0.05) is 60.7 Å². The van der Waals surface area contributed by atoms with Gasteiger partial charge in [-0.05, 0) is 30.4 Å². The molecule has 130 valence electrons. The average Bonchev–Trinajstić information content (AvgIpc) is 2.74. The molecule has 1 aliphatic rings. The summed E-state index contributed by atoms with van der Waals surface area (Å²) in [6, 6.07) is 27.2. The average molecular weight is 352 g/mol. The molecule has 27 heavy (non-hydrogen) atoms. The zero-order valence-corrected chi connectivity index (χ0v) is 14.5. The number of hydrogen-bond donors (Lipinski definition) is 0. The highest BCUT2D eigenvalue weighted by molar-refractivity contribution is 5.90. The van der Waals surface area contributed by atoms with E-state index in [1.54, 1.807) is 12.1 Å². The number of rotatable bonds is 2. The van der Waals surface area contributed by atoms with Crippen molar-refractivity contribution in [3.05, 3.63) is 118 Å². The summed E-state index contributed by atoms with van der Waals surface area (Å²) >= 11 is 0. The van der Waals surface area contributed by atoms with E-state index in [-0.39, 0.29) is 5.63 Å². The Morgan fingerprint density at radius 1 is 0.704 bits per heavy atom. The second-order valence-electron chi connectivity index (χ2n) is 6.55. The summed E-state index contributed by atoms with van der Waals surface area (Å²) in [5.74, 6) is 0.756. The van der Waals surface area contributed by atoms with E-state index in [0.29, 0.717) is 5.58 Å². The van der Waals surface area contributed by atoms with Crippen LogP contribution in [0.5, 0.6) is 5.75 Å². The molecule has 0 N–H and O–H groups in total. The molecule has 3 heteroatoms. The monoisotopic (exact) mass is 352 g/mol. The van der Waals surface area contributed by atoms with Crippen LogP contribution in [0.25, 0.3) is 17.0 Å². The van der Waals surface area contributed by atoms with Crippen molar-refractivity contribution in [2.45, 2.75) is 5.60 Å². The first-order chi connectivity index (χ1) is 13.3. The summed E-state index contributed by atoms with van der Waals surface area (Å²) in [7, 11) is 0. The molecule has 0 saturated carbocycles. The summed E-state index contributed by atoms with van der Waals surface area (Å²) < 4.78 is 11.9. The molecule has 0 unspecified atom stereocenters. The molecule has 1 aromatic heterocycles. The number of ether oxygens (including phenoxy) is 1. The van der Waals surface area contributed by atoms with Crippen molar-refractivity contribution in [2.24, 2.45) is 0 Å². The van der Waals surface area contributed by atoms with Gasteiger partial charge in [-0.2, -0.15) is 0 Å². The quantitative estimate of drug-likeness (QED) is 0.469. The van der Waals surface area contributed by atoms with Gasteiger partial charge >= 0.3 is 5.63 Å². The molecule has 0 saturated heterocycles. The van der Waals surface area contributed by atoms with Gasteiger partial charge in [-0.15, -0.1) is 0 Å². The Kier molecular flexibility index (Phi) is 3.47. The van der Waals surface area contributed by atoms with E-state index in [9.17, 15) is 4.79 Å². The number of hydrogen-bond acceptors (Lipinski definition) is 3. The molecule has 2 heterocycles. The minimum absolute atomic E-state index is 0.355. The second kappa shape index (κ2) is 5.99. The van der Waals surface area contributed by atoms with Crippen molar-refractivity contribution in [3.8, 4) is 5.75 Å². The summed E-state index contributed by atoms with van der Waals surface area (Å²) in [5, 5.41) is 0.859. The van der Waals surface area contributed by atoms with Crippen LogP contribution in [0.3, 0.4) is 0 Å². The summed E-state index contributed by atoms with van der Waals surface area (Å²) in [6.45, 7) is 0. The number of fused-ring (bicyclic) bond motifs is 3. The van der Waals surface area contributed by atoms with Crippen molar-refractivity contribution in [1.82, 2.24) is 0 Å². The Morgan fingerprint density at radius 2 is 1.37 bits per heavy atom. The molecule has 0 aliphatic carbocycles.